The molecule has 0 aliphatic carbocycles. The zero-order valence-corrected chi connectivity index (χ0v) is 5.83. The van der Waals surface area contributed by atoms with E-state index >= 15 is 0 Å². The van der Waals surface area contributed by atoms with E-state index in [1.165, 1.54) is 5.06 Å². The normalized spacial score (nSPS) is 15.9. The number of hydrogen-bond donors (Lipinski definition) is 1. The minimum Gasteiger partial charge on any atom is -0.336 e. The molecule has 0 aromatic rings. The second kappa shape index (κ2) is 3.22. The summed E-state index contributed by atoms with van der Waals surface area (Å²) in [6.07, 6.45) is 3.38. The number of amides is 2. The van der Waals surface area contributed by atoms with Crippen molar-refractivity contribution < 1.29 is 9.63 Å². The number of hydroxylamine groups is 2. The number of rotatable bonds is 1. The van der Waals surface area contributed by atoms with Crippen molar-refractivity contribution in [3.05, 3.63) is 12.3 Å². The summed E-state index contributed by atoms with van der Waals surface area (Å²) in [5.74, 6) is 0. The third-order valence-corrected chi connectivity index (χ3v) is 1.08. The molecule has 56 valence electrons. The van der Waals surface area contributed by atoms with Crippen LogP contribution in [0.2, 0.25) is 0 Å². The highest BCUT2D eigenvalue weighted by Crippen LogP contribution is 2.00. The molecular weight excluding hydrogens is 132 g/mol. The third kappa shape index (κ3) is 1.48. The molecule has 0 aromatic heterocycles. The Morgan fingerprint density at radius 2 is 2.70 bits per heavy atom. The summed E-state index contributed by atoms with van der Waals surface area (Å²) in [6.45, 7) is 2.96. The molecule has 4 heteroatoms. The van der Waals surface area contributed by atoms with E-state index in [2.05, 4.69) is 5.32 Å². The fourth-order valence-electron chi connectivity index (χ4n) is 0.661. The molecule has 0 spiro atoms. The van der Waals surface area contributed by atoms with Gasteiger partial charge in [0.1, 0.15) is 0 Å². The van der Waals surface area contributed by atoms with E-state index in [-0.39, 0.29) is 6.03 Å². The number of carbonyl (C=O) groups excluding carboxylic acids is 1. The van der Waals surface area contributed by atoms with E-state index < -0.39 is 0 Å². The topological polar surface area (TPSA) is 41.6 Å². The minimum absolute atomic E-state index is 0.212. The molecule has 1 rings (SSSR count). The molecule has 0 aromatic carbocycles. The van der Waals surface area contributed by atoms with Crippen LogP contribution in [0.5, 0.6) is 0 Å². The van der Waals surface area contributed by atoms with Crippen LogP contribution >= 0.6 is 0 Å². The number of hydrogen-bond acceptors (Lipinski definition) is 2. The molecule has 0 fully saturated rings. The highest BCUT2D eigenvalue weighted by atomic mass is 16.7. The standard InChI is InChI=1S/C6H10N2O2/c1-2-7-6(9)8-4-3-5-10-8/h3-4H,2,5H2,1H3,(H,7,9). The van der Waals surface area contributed by atoms with Gasteiger partial charge in [-0.25, -0.2) is 4.79 Å². The molecule has 1 N–H and O–H groups in total. The largest absolute Gasteiger partial charge is 0.345 e. The van der Waals surface area contributed by atoms with Crippen molar-refractivity contribution in [1.29, 1.82) is 0 Å². The second-order valence-corrected chi connectivity index (χ2v) is 1.84. The average Bonchev–Trinajstić information content (AvgIpc) is 2.38. The SMILES string of the molecule is CCNC(=O)N1C=CCO1. The molecule has 0 bridgehead atoms. The van der Waals surface area contributed by atoms with Gasteiger partial charge in [0.15, 0.2) is 0 Å². The van der Waals surface area contributed by atoms with E-state index in [0.29, 0.717) is 13.2 Å². The van der Waals surface area contributed by atoms with Gasteiger partial charge in [-0.3, -0.25) is 4.84 Å². The van der Waals surface area contributed by atoms with Gasteiger partial charge in [0, 0.05) is 12.7 Å². The van der Waals surface area contributed by atoms with Crippen molar-refractivity contribution in [3.8, 4) is 0 Å². The highest BCUT2D eigenvalue weighted by molar-refractivity contribution is 5.74. The summed E-state index contributed by atoms with van der Waals surface area (Å²) >= 11 is 0. The molecule has 1 aliphatic rings. The molecule has 10 heavy (non-hydrogen) atoms. The summed E-state index contributed by atoms with van der Waals surface area (Å²) in [7, 11) is 0. The Kier molecular flexibility index (Phi) is 2.28. The number of carbonyl (C=O) groups is 1. The molecule has 0 saturated heterocycles. The van der Waals surface area contributed by atoms with Crippen molar-refractivity contribution in [2.24, 2.45) is 0 Å². The zero-order valence-electron chi connectivity index (χ0n) is 5.83. The summed E-state index contributed by atoms with van der Waals surface area (Å²) in [5.41, 5.74) is 0. The van der Waals surface area contributed by atoms with E-state index in [0.717, 1.165) is 0 Å². The van der Waals surface area contributed by atoms with Crippen LogP contribution in [0, 0.1) is 0 Å². The van der Waals surface area contributed by atoms with Crippen LogP contribution in [0.4, 0.5) is 4.79 Å². The van der Waals surface area contributed by atoms with E-state index in [1.807, 2.05) is 6.92 Å². The van der Waals surface area contributed by atoms with Gasteiger partial charge in [-0.2, -0.15) is 5.06 Å². The quantitative estimate of drug-likeness (QED) is 0.578. The van der Waals surface area contributed by atoms with Crippen molar-refractivity contribution in [2.75, 3.05) is 13.2 Å². The van der Waals surface area contributed by atoms with Gasteiger partial charge in [0.05, 0.1) is 6.61 Å². The molecule has 4 nitrogen and oxygen atoms in total. The fraction of sp³-hybridized carbons (Fsp3) is 0.500. The Bertz CT molecular complexity index is 156. The second-order valence-electron chi connectivity index (χ2n) is 1.84. The lowest BCUT2D eigenvalue weighted by Crippen LogP contribution is -2.34. The summed E-state index contributed by atoms with van der Waals surface area (Å²) in [6, 6.07) is -0.212. The van der Waals surface area contributed by atoms with Gasteiger partial charge < -0.3 is 5.32 Å². The van der Waals surface area contributed by atoms with Crippen LogP contribution in [-0.4, -0.2) is 24.2 Å². The van der Waals surface area contributed by atoms with E-state index in [4.69, 9.17) is 4.84 Å². The average molecular weight is 142 g/mol. The van der Waals surface area contributed by atoms with Crippen molar-refractivity contribution in [3.63, 3.8) is 0 Å². The van der Waals surface area contributed by atoms with Gasteiger partial charge in [0.2, 0.25) is 0 Å². The van der Waals surface area contributed by atoms with Crippen molar-refractivity contribution in [2.45, 2.75) is 6.92 Å². The first-order chi connectivity index (χ1) is 4.84. The fourth-order valence-corrected chi connectivity index (χ4v) is 0.661. The van der Waals surface area contributed by atoms with Crippen LogP contribution < -0.4 is 5.32 Å². The first-order valence-corrected chi connectivity index (χ1v) is 3.21. The van der Waals surface area contributed by atoms with Gasteiger partial charge in [0.25, 0.3) is 0 Å². The lowest BCUT2D eigenvalue weighted by atomic mass is 10.7. The molecule has 1 heterocycles. The molecule has 0 atom stereocenters. The number of nitrogens with one attached hydrogen (secondary N) is 1. The Morgan fingerprint density at radius 3 is 3.20 bits per heavy atom. The first-order valence-electron chi connectivity index (χ1n) is 3.21. The van der Waals surface area contributed by atoms with Gasteiger partial charge >= 0.3 is 6.03 Å². The Morgan fingerprint density at radius 1 is 1.90 bits per heavy atom. The molecule has 0 radical (unpaired) electrons. The van der Waals surface area contributed by atoms with Gasteiger partial charge in [-0.05, 0) is 13.0 Å². The number of nitrogens with zero attached hydrogens (tertiary/aromatic N) is 1. The first kappa shape index (κ1) is 7.08. The maximum absolute atomic E-state index is 10.9. The van der Waals surface area contributed by atoms with Crippen molar-refractivity contribution >= 4 is 6.03 Å². The predicted molar refractivity (Wildman–Crippen MR) is 36.0 cm³/mol. The van der Waals surface area contributed by atoms with Gasteiger partial charge in [-0.1, -0.05) is 0 Å². The van der Waals surface area contributed by atoms with Crippen LogP contribution in [0.15, 0.2) is 12.3 Å². The molecule has 2 amide bonds. The molecule has 0 saturated carbocycles. The lowest BCUT2D eigenvalue weighted by molar-refractivity contribution is -0.0485. The predicted octanol–water partition coefficient (Wildman–Crippen LogP) is 0.477. The number of urea groups is 1. The van der Waals surface area contributed by atoms with Crippen LogP contribution in [0.1, 0.15) is 6.92 Å². The Labute approximate surface area is 59.4 Å². The maximum atomic E-state index is 10.9. The van der Waals surface area contributed by atoms with Crippen molar-refractivity contribution in [1.82, 2.24) is 10.4 Å². The summed E-state index contributed by atoms with van der Waals surface area (Å²) < 4.78 is 0. The van der Waals surface area contributed by atoms with Crippen LogP contribution in [0.25, 0.3) is 0 Å². The van der Waals surface area contributed by atoms with E-state index in [1.54, 1.807) is 12.3 Å². The monoisotopic (exact) mass is 142 g/mol. The highest BCUT2D eigenvalue weighted by Gasteiger charge is 2.12. The summed E-state index contributed by atoms with van der Waals surface area (Å²) in [5, 5.41) is 3.78. The zero-order chi connectivity index (χ0) is 7.40. The molecular formula is C6H10N2O2. The molecule has 1 aliphatic heterocycles. The summed E-state index contributed by atoms with van der Waals surface area (Å²) in [4.78, 5) is 15.8. The Balaban J connectivity index is 2.33. The van der Waals surface area contributed by atoms with Crippen LogP contribution in [-0.2, 0) is 4.84 Å². The van der Waals surface area contributed by atoms with Gasteiger partial charge in [-0.15, -0.1) is 0 Å². The third-order valence-electron chi connectivity index (χ3n) is 1.08. The minimum atomic E-state index is -0.212. The van der Waals surface area contributed by atoms with Crippen LogP contribution in [0.3, 0.4) is 0 Å². The lowest BCUT2D eigenvalue weighted by Gasteiger charge is -2.11. The maximum Gasteiger partial charge on any atom is 0.345 e. The van der Waals surface area contributed by atoms with E-state index in [9.17, 15) is 4.79 Å². The molecule has 0 unspecified atom stereocenters. The smallest absolute Gasteiger partial charge is 0.336 e. The Hall–Kier alpha value is -1.03.